The maximum Gasteiger partial charge on any atom is 0.279 e. The summed E-state index contributed by atoms with van der Waals surface area (Å²) in [6, 6.07) is 17.7. The molecular formula is C25H28N3O3U+. The van der Waals surface area contributed by atoms with E-state index in [1.54, 1.807) is 6.07 Å². The Morgan fingerprint density at radius 2 is 1.47 bits per heavy atom. The maximum absolute atomic E-state index is 7.77. The minimum atomic E-state index is -0.276. The van der Waals surface area contributed by atoms with E-state index in [1.807, 2.05) is 55.5 Å². The first-order valence-electron chi connectivity index (χ1n) is 10.2. The zero-order valence-corrected chi connectivity index (χ0v) is 22.1. The van der Waals surface area contributed by atoms with Crippen LogP contribution in [-0.2, 0) is 9.47 Å². The van der Waals surface area contributed by atoms with Crippen LogP contribution in [0.5, 0.6) is 5.75 Å². The van der Waals surface area contributed by atoms with E-state index >= 15 is 0 Å². The number of anilines is 3. The van der Waals surface area contributed by atoms with Crippen molar-refractivity contribution in [2.75, 3.05) is 30.4 Å². The molecule has 0 bridgehead atoms. The van der Waals surface area contributed by atoms with E-state index in [9.17, 15) is 0 Å². The molecule has 3 aromatic rings. The van der Waals surface area contributed by atoms with Crippen molar-refractivity contribution >= 4 is 17.1 Å². The molecule has 0 spiro atoms. The van der Waals surface area contributed by atoms with E-state index in [0.29, 0.717) is 24.6 Å². The molecule has 4 rings (SSSR count). The van der Waals surface area contributed by atoms with E-state index < -0.39 is 0 Å². The fourth-order valence-corrected chi connectivity index (χ4v) is 3.82. The quantitative estimate of drug-likeness (QED) is 0.221. The van der Waals surface area contributed by atoms with Gasteiger partial charge in [0.25, 0.3) is 5.75 Å². The van der Waals surface area contributed by atoms with Crippen LogP contribution in [0, 0.1) is 31.1 Å². The minimum absolute atomic E-state index is 0. The van der Waals surface area contributed by atoms with E-state index in [2.05, 4.69) is 12.1 Å². The van der Waals surface area contributed by atoms with Crippen LogP contribution in [0.25, 0.3) is 22.3 Å². The van der Waals surface area contributed by atoms with Gasteiger partial charge in [0.15, 0.2) is 12.0 Å². The molecule has 0 aromatic heterocycles. The molecule has 0 atom stereocenters. The first-order chi connectivity index (χ1) is 15.0. The summed E-state index contributed by atoms with van der Waals surface area (Å²) in [7, 11) is 0. The summed E-state index contributed by atoms with van der Waals surface area (Å²) in [5.74, 6) is 0.353. The van der Waals surface area contributed by atoms with Gasteiger partial charge in [-0.2, -0.15) is 0 Å². The third-order valence-electron chi connectivity index (χ3n) is 5.62. The van der Waals surface area contributed by atoms with E-state index in [1.165, 1.54) is 0 Å². The third kappa shape index (κ3) is 4.97. The minimum Gasteiger partial charge on any atom is -0.592 e. The second-order valence-electron chi connectivity index (χ2n) is 7.67. The molecule has 1 fully saturated rings. The van der Waals surface area contributed by atoms with Crippen LogP contribution >= 0.6 is 0 Å². The number of ether oxygens (including phenoxy) is 2. The Labute approximate surface area is 211 Å². The largest absolute Gasteiger partial charge is 0.592 e. The van der Waals surface area contributed by atoms with Crippen molar-refractivity contribution in [3.05, 3.63) is 72.3 Å². The predicted octanol–water partition coefficient (Wildman–Crippen LogP) is 4.24. The van der Waals surface area contributed by atoms with Crippen LogP contribution in [0.1, 0.15) is 18.4 Å². The Morgan fingerprint density at radius 1 is 0.844 bits per heavy atom. The fraction of sp³-hybridized carbons (Fsp3) is 0.200. The topological polar surface area (TPSA) is 119 Å². The molecule has 0 unspecified atom stereocenters. The van der Waals surface area contributed by atoms with Gasteiger partial charge in [0.05, 0.1) is 18.9 Å². The SMILES string of the molecule is C/C=C/C1OCC(c2ccc(-c3ccc(-c4ccc([OH2+])c(N)c4N)cc3)cc2N)CO1.[U]. The molecule has 1 heterocycles. The molecule has 6 nitrogen and oxygen atoms in total. The van der Waals surface area contributed by atoms with E-state index in [0.717, 1.165) is 33.5 Å². The van der Waals surface area contributed by atoms with Gasteiger partial charge >= 0.3 is 0 Å². The molecule has 3 aromatic carbocycles. The first-order valence-corrected chi connectivity index (χ1v) is 10.2. The number of hydrogen-bond donors (Lipinski definition) is 3. The average molecular weight is 657 g/mol. The van der Waals surface area contributed by atoms with Crippen molar-refractivity contribution in [3.8, 4) is 28.0 Å². The van der Waals surface area contributed by atoms with Crippen LogP contribution in [-0.4, -0.2) is 24.6 Å². The van der Waals surface area contributed by atoms with Crippen LogP contribution < -0.4 is 17.2 Å². The summed E-state index contributed by atoms with van der Waals surface area (Å²) in [6.45, 7) is 3.10. The summed E-state index contributed by atoms with van der Waals surface area (Å²) in [5.41, 5.74) is 24.8. The van der Waals surface area contributed by atoms with Crippen molar-refractivity contribution in [1.29, 1.82) is 0 Å². The molecule has 0 radical (unpaired) electrons. The van der Waals surface area contributed by atoms with Gasteiger partial charge in [-0.15, -0.1) is 0 Å². The first kappa shape index (κ1) is 24.2. The molecule has 0 aliphatic carbocycles. The molecule has 1 saturated heterocycles. The molecule has 1 aliphatic heterocycles. The Bertz CT molecular complexity index is 1110. The second-order valence-corrected chi connectivity index (χ2v) is 7.67. The molecule has 32 heavy (non-hydrogen) atoms. The zero-order valence-electron chi connectivity index (χ0n) is 18.0. The van der Waals surface area contributed by atoms with E-state index in [-0.39, 0.29) is 49.1 Å². The van der Waals surface area contributed by atoms with Gasteiger partial charge < -0.3 is 31.8 Å². The summed E-state index contributed by atoms with van der Waals surface area (Å²) in [5, 5.41) is 7.77. The number of rotatable bonds is 4. The Kier molecular flexibility index (Phi) is 7.92. The standard InChI is InChI=1S/C25H27N3O3.U/c1-2-3-23-30-13-18(14-31-23)19-9-8-17(12-21(19)26)15-4-6-16(7-5-15)20-10-11-22(29)25(28)24(20)27;/h2-12,18,23,29H,13-14,26-28H2,1H3;/p+1/b3-2+;. The normalized spacial score (nSPS) is 18.4. The van der Waals surface area contributed by atoms with Crippen LogP contribution in [0.3, 0.4) is 0 Å². The fourth-order valence-electron chi connectivity index (χ4n) is 3.82. The van der Waals surface area contributed by atoms with Gasteiger partial charge in [0, 0.05) is 54.3 Å². The summed E-state index contributed by atoms with van der Waals surface area (Å²) in [4.78, 5) is 0. The molecule has 1 aliphatic rings. The second kappa shape index (κ2) is 10.5. The van der Waals surface area contributed by atoms with Crippen LogP contribution in [0.4, 0.5) is 17.1 Å². The van der Waals surface area contributed by atoms with Gasteiger partial charge in [-0.1, -0.05) is 42.5 Å². The van der Waals surface area contributed by atoms with Crippen molar-refractivity contribution in [3.63, 3.8) is 0 Å². The molecule has 164 valence electrons. The summed E-state index contributed by atoms with van der Waals surface area (Å²) >= 11 is 0. The molecule has 7 heteroatoms. The number of benzene rings is 3. The smallest absolute Gasteiger partial charge is 0.279 e. The Morgan fingerprint density at radius 3 is 2.09 bits per heavy atom. The van der Waals surface area contributed by atoms with E-state index in [4.69, 9.17) is 31.8 Å². The van der Waals surface area contributed by atoms with Gasteiger partial charge in [-0.3, -0.25) is 0 Å². The Hall–Kier alpha value is -2.43. The summed E-state index contributed by atoms with van der Waals surface area (Å²) < 4.78 is 11.5. The van der Waals surface area contributed by atoms with Gasteiger partial charge in [-0.25, -0.2) is 0 Å². The van der Waals surface area contributed by atoms with Crippen molar-refractivity contribution in [2.45, 2.75) is 19.1 Å². The average Bonchev–Trinajstić information content (AvgIpc) is 2.79. The molecule has 0 saturated carbocycles. The Balaban J connectivity index is 0.00000289. The summed E-state index contributed by atoms with van der Waals surface area (Å²) in [6.07, 6.45) is 3.55. The van der Waals surface area contributed by atoms with Gasteiger partial charge in [-0.05, 0) is 47.4 Å². The number of allylic oxidation sites excluding steroid dienone is 1. The number of hydrogen-bond acceptors (Lipinski definition) is 5. The zero-order chi connectivity index (χ0) is 22.0. The number of nitrogen functional groups attached to an aromatic ring is 3. The predicted molar refractivity (Wildman–Crippen MR) is 127 cm³/mol. The van der Waals surface area contributed by atoms with Crippen molar-refractivity contribution < 1.29 is 45.7 Å². The van der Waals surface area contributed by atoms with Gasteiger partial charge in [0.2, 0.25) is 0 Å². The molecule has 8 N–H and O–H groups in total. The third-order valence-corrected chi connectivity index (χ3v) is 5.62. The molecular weight excluding hydrogens is 628 g/mol. The van der Waals surface area contributed by atoms with Crippen LogP contribution in [0.15, 0.2) is 66.7 Å². The van der Waals surface area contributed by atoms with Crippen LogP contribution in [0.2, 0.25) is 0 Å². The maximum atomic E-state index is 7.77. The van der Waals surface area contributed by atoms with Gasteiger partial charge in [0.1, 0.15) is 0 Å². The molecule has 0 amide bonds. The monoisotopic (exact) mass is 656 g/mol. The van der Waals surface area contributed by atoms with Crippen molar-refractivity contribution in [2.24, 2.45) is 0 Å². The number of nitrogens with two attached hydrogens (primary N) is 3. The van der Waals surface area contributed by atoms with Crippen molar-refractivity contribution in [1.82, 2.24) is 0 Å².